The van der Waals surface area contributed by atoms with Gasteiger partial charge in [0.15, 0.2) is 5.96 Å². The Labute approximate surface area is 122 Å². The van der Waals surface area contributed by atoms with Crippen LogP contribution in [0.4, 0.5) is 0 Å². The smallest absolute Gasteiger partial charge is 0.191 e. The molecule has 2 N–H and O–H groups in total. The van der Waals surface area contributed by atoms with Crippen molar-refractivity contribution in [3.8, 4) is 5.75 Å². The summed E-state index contributed by atoms with van der Waals surface area (Å²) in [6.07, 6.45) is 0.0420. The number of hydrogen-bond donors (Lipinski definition) is 2. The molecule has 1 unspecified atom stereocenters. The average Bonchev–Trinajstić information content (AvgIpc) is 2.38. The Bertz CT molecular complexity index is 412. The maximum Gasteiger partial charge on any atom is 0.191 e. The lowest BCUT2D eigenvalue weighted by molar-refractivity contribution is 0.230. The maximum absolute atomic E-state index is 5.84. The van der Waals surface area contributed by atoms with Crippen LogP contribution in [0.25, 0.3) is 0 Å². The molecule has 0 fully saturated rings. The highest BCUT2D eigenvalue weighted by molar-refractivity contribution is 5.79. The quantitative estimate of drug-likeness (QED) is 0.621. The molecular formula is C16H27N3O. The number of aryl methyl sites for hydroxylation is 1. The first kappa shape index (κ1) is 16.3. The molecule has 1 atom stereocenters. The van der Waals surface area contributed by atoms with Crippen molar-refractivity contribution < 1.29 is 4.74 Å². The summed E-state index contributed by atoms with van der Waals surface area (Å²) >= 11 is 0. The fourth-order valence-electron chi connectivity index (χ4n) is 1.70. The second kappa shape index (κ2) is 8.46. The largest absolute Gasteiger partial charge is 0.489 e. The number of nitrogens with zero attached hydrogens (tertiary/aromatic N) is 1. The molecule has 0 aromatic heterocycles. The van der Waals surface area contributed by atoms with Gasteiger partial charge in [-0.1, -0.05) is 17.7 Å². The molecule has 0 aliphatic rings. The van der Waals surface area contributed by atoms with Gasteiger partial charge in [0, 0.05) is 12.6 Å². The van der Waals surface area contributed by atoms with Gasteiger partial charge in [0.25, 0.3) is 0 Å². The van der Waals surface area contributed by atoms with Crippen molar-refractivity contribution in [2.75, 3.05) is 13.1 Å². The fourth-order valence-corrected chi connectivity index (χ4v) is 1.70. The molecule has 1 aromatic rings. The molecule has 0 spiro atoms. The van der Waals surface area contributed by atoms with Crippen molar-refractivity contribution in [2.24, 2.45) is 4.99 Å². The Balaban J connectivity index is 2.50. The standard InChI is InChI=1S/C16H27N3O/c1-6-17-16(19-12(2)3)18-11-14(5)20-15-9-7-13(4)8-10-15/h7-10,12,14H,6,11H2,1-5H3,(H2,17,18,19). The third-order valence-electron chi connectivity index (χ3n) is 2.63. The molecule has 0 radical (unpaired) electrons. The van der Waals surface area contributed by atoms with Crippen LogP contribution in [0.3, 0.4) is 0 Å². The summed E-state index contributed by atoms with van der Waals surface area (Å²) in [6, 6.07) is 8.45. The molecule has 0 saturated carbocycles. The van der Waals surface area contributed by atoms with Gasteiger partial charge >= 0.3 is 0 Å². The fraction of sp³-hybridized carbons (Fsp3) is 0.562. The summed E-state index contributed by atoms with van der Waals surface area (Å²) in [6.45, 7) is 11.8. The average molecular weight is 277 g/mol. The van der Waals surface area contributed by atoms with E-state index in [1.807, 2.05) is 19.1 Å². The van der Waals surface area contributed by atoms with Gasteiger partial charge in [-0.2, -0.15) is 0 Å². The third kappa shape index (κ3) is 6.45. The van der Waals surface area contributed by atoms with E-state index in [4.69, 9.17) is 4.74 Å². The number of benzene rings is 1. The maximum atomic E-state index is 5.84. The summed E-state index contributed by atoms with van der Waals surface area (Å²) in [4.78, 5) is 4.54. The molecule has 0 aliphatic carbocycles. The first-order valence-corrected chi connectivity index (χ1v) is 7.29. The number of guanidine groups is 1. The summed E-state index contributed by atoms with van der Waals surface area (Å²) in [5.74, 6) is 1.72. The number of rotatable bonds is 6. The van der Waals surface area contributed by atoms with Gasteiger partial charge in [-0.25, -0.2) is 4.99 Å². The van der Waals surface area contributed by atoms with Gasteiger partial charge in [-0.3, -0.25) is 0 Å². The van der Waals surface area contributed by atoms with E-state index >= 15 is 0 Å². The van der Waals surface area contributed by atoms with Gasteiger partial charge in [-0.05, 0) is 46.8 Å². The molecule has 1 rings (SSSR count). The summed E-state index contributed by atoms with van der Waals surface area (Å²) in [7, 11) is 0. The normalized spacial score (nSPS) is 13.2. The third-order valence-corrected chi connectivity index (χ3v) is 2.63. The van der Waals surface area contributed by atoms with Crippen molar-refractivity contribution in [1.29, 1.82) is 0 Å². The zero-order valence-corrected chi connectivity index (χ0v) is 13.2. The molecule has 0 bridgehead atoms. The number of aliphatic imine (C=N–C) groups is 1. The van der Waals surface area contributed by atoms with E-state index in [1.54, 1.807) is 0 Å². The molecular weight excluding hydrogens is 250 g/mol. The molecule has 1 aromatic carbocycles. The second-order valence-corrected chi connectivity index (χ2v) is 5.26. The van der Waals surface area contributed by atoms with Crippen molar-refractivity contribution in [1.82, 2.24) is 10.6 Å². The Kier molecular flexibility index (Phi) is 6.91. The zero-order valence-electron chi connectivity index (χ0n) is 13.2. The molecule has 4 nitrogen and oxygen atoms in total. The van der Waals surface area contributed by atoms with Crippen LogP contribution in [0, 0.1) is 6.92 Å². The summed E-state index contributed by atoms with van der Waals surface area (Å²) in [5.41, 5.74) is 1.23. The van der Waals surface area contributed by atoms with Crippen molar-refractivity contribution in [3.63, 3.8) is 0 Å². The van der Waals surface area contributed by atoms with Gasteiger partial charge in [-0.15, -0.1) is 0 Å². The molecule has 112 valence electrons. The molecule has 0 saturated heterocycles. The van der Waals surface area contributed by atoms with Crippen LogP contribution in [0.1, 0.15) is 33.3 Å². The Hall–Kier alpha value is -1.71. The van der Waals surface area contributed by atoms with Crippen molar-refractivity contribution in [3.05, 3.63) is 29.8 Å². The first-order chi connectivity index (χ1) is 9.51. The van der Waals surface area contributed by atoms with Gasteiger partial charge in [0.05, 0.1) is 6.54 Å². The van der Waals surface area contributed by atoms with E-state index in [2.05, 4.69) is 55.5 Å². The lowest BCUT2D eigenvalue weighted by atomic mass is 10.2. The molecule has 4 heteroatoms. The minimum Gasteiger partial charge on any atom is -0.489 e. The van der Waals surface area contributed by atoms with Gasteiger partial charge < -0.3 is 15.4 Å². The molecule has 0 heterocycles. The molecule has 0 amide bonds. The minimum atomic E-state index is 0.0420. The SMILES string of the molecule is CCNC(=NCC(C)Oc1ccc(C)cc1)NC(C)C. The molecule has 0 aliphatic heterocycles. The van der Waals surface area contributed by atoms with E-state index in [0.717, 1.165) is 18.3 Å². The van der Waals surface area contributed by atoms with E-state index in [9.17, 15) is 0 Å². The van der Waals surface area contributed by atoms with Crippen LogP contribution >= 0.6 is 0 Å². The van der Waals surface area contributed by atoms with E-state index in [1.165, 1.54) is 5.56 Å². The van der Waals surface area contributed by atoms with E-state index in [-0.39, 0.29) is 6.10 Å². The topological polar surface area (TPSA) is 45.7 Å². The summed E-state index contributed by atoms with van der Waals surface area (Å²) < 4.78 is 5.84. The van der Waals surface area contributed by atoms with Crippen molar-refractivity contribution in [2.45, 2.75) is 46.8 Å². The number of ether oxygens (including phenoxy) is 1. The first-order valence-electron chi connectivity index (χ1n) is 7.29. The zero-order chi connectivity index (χ0) is 15.0. The van der Waals surface area contributed by atoms with Crippen LogP contribution in [0.2, 0.25) is 0 Å². The van der Waals surface area contributed by atoms with E-state index in [0.29, 0.717) is 12.6 Å². The molecule has 20 heavy (non-hydrogen) atoms. The second-order valence-electron chi connectivity index (χ2n) is 5.26. The highest BCUT2D eigenvalue weighted by atomic mass is 16.5. The highest BCUT2D eigenvalue weighted by Gasteiger charge is 2.05. The lowest BCUT2D eigenvalue weighted by Crippen LogP contribution is -2.41. The van der Waals surface area contributed by atoms with Gasteiger partial charge in [0.1, 0.15) is 11.9 Å². The number of nitrogens with one attached hydrogen (secondary N) is 2. The van der Waals surface area contributed by atoms with Crippen LogP contribution in [-0.4, -0.2) is 31.2 Å². The summed E-state index contributed by atoms with van der Waals surface area (Å²) in [5, 5.41) is 6.51. The Morgan fingerprint density at radius 2 is 1.85 bits per heavy atom. The van der Waals surface area contributed by atoms with Gasteiger partial charge in [0.2, 0.25) is 0 Å². The van der Waals surface area contributed by atoms with Crippen LogP contribution in [0.5, 0.6) is 5.75 Å². The predicted molar refractivity (Wildman–Crippen MR) is 85.5 cm³/mol. The Morgan fingerprint density at radius 3 is 2.40 bits per heavy atom. The number of hydrogen-bond acceptors (Lipinski definition) is 2. The van der Waals surface area contributed by atoms with Crippen LogP contribution in [-0.2, 0) is 0 Å². The van der Waals surface area contributed by atoms with Crippen LogP contribution in [0.15, 0.2) is 29.3 Å². The monoisotopic (exact) mass is 277 g/mol. The Morgan fingerprint density at radius 1 is 1.20 bits per heavy atom. The predicted octanol–water partition coefficient (Wildman–Crippen LogP) is 2.73. The van der Waals surface area contributed by atoms with Crippen LogP contribution < -0.4 is 15.4 Å². The minimum absolute atomic E-state index is 0.0420. The highest BCUT2D eigenvalue weighted by Crippen LogP contribution is 2.13. The van der Waals surface area contributed by atoms with E-state index < -0.39 is 0 Å². The lowest BCUT2D eigenvalue weighted by Gasteiger charge is -2.16. The van der Waals surface area contributed by atoms with Crippen molar-refractivity contribution >= 4 is 5.96 Å².